The summed E-state index contributed by atoms with van der Waals surface area (Å²) in [5, 5.41) is 10.4. The quantitative estimate of drug-likeness (QED) is 0.322. The molecular weight excluding hydrogens is 528 g/mol. The minimum Gasteiger partial charge on any atom is -0.481 e. The standard InChI is InChI=1S/C34H34N4O4/c1-5-42-32(41)34(4)15-26-24-13-19(10-11-23(24)28(34)37-18(2)16-35-29(26)37)12-20-17-36-30-25-14-33(3,31(39)40)27(38(20)30)22-9-7-6-8-21(22)25/h6-11,13,16-17,25-28H,5,12,14-15H2,1-4H3,(H,39,40). The first-order valence-corrected chi connectivity index (χ1v) is 14.9. The van der Waals surface area contributed by atoms with Crippen LogP contribution in [0.4, 0.5) is 0 Å². The summed E-state index contributed by atoms with van der Waals surface area (Å²) in [5.74, 6) is 1.01. The van der Waals surface area contributed by atoms with Crippen LogP contribution < -0.4 is 0 Å². The maximum Gasteiger partial charge on any atom is 0.314 e. The molecule has 214 valence electrons. The molecule has 4 bridgehead atoms. The SMILES string of the molecule is CCOC(=O)C1(C)CC2c3cc(Cc4cnc5n4C4c6ccccc6C5CC4(C)C(=O)O)ccc3C1n1c(C)cnc12. The van der Waals surface area contributed by atoms with E-state index in [1.54, 1.807) is 0 Å². The molecule has 2 aromatic carbocycles. The van der Waals surface area contributed by atoms with Crippen LogP contribution in [0.25, 0.3) is 0 Å². The van der Waals surface area contributed by atoms with Crippen molar-refractivity contribution in [3.63, 3.8) is 0 Å². The van der Waals surface area contributed by atoms with Crippen molar-refractivity contribution < 1.29 is 19.4 Å². The van der Waals surface area contributed by atoms with Crippen molar-refractivity contribution in [2.75, 3.05) is 6.61 Å². The van der Waals surface area contributed by atoms with Crippen molar-refractivity contribution in [2.24, 2.45) is 10.8 Å². The largest absolute Gasteiger partial charge is 0.481 e. The number of benzene rings is 2. The lowest BCUT2D eigenvalue weighted by atomic mass is 9.61. The molecule has 10 rings (SSSR count). The lowest BCUT2D eigenvalue weighted by Gasteiger charge is -2.50. The zero-order valence-corrected chi connectivity index (χ0v) is 24.3. The van der Waals surface area contributed by atoms with Gasteiger partial charge in [0.15, 0.2) is 0 Å². The number of carboxylic acid groups (broad SMARTS) is 1. The fourth-order valence-corrected chi connectivity index (χ4v) is 8.71. The van der Waals surface area contributed by atoms with Gasteiger partial charge in [0.2, 0.25) is 0 Å². The minimum atomic E-state index is -0.914. The van der Waals surface area contributed by atoms with Crippen molar-refractivity contribution in [1.29, 1.82) is 0 Å². The van der Waals surface area contributed by atoms with E-state index >= 15 is 0 Å². The average molecular weight is 563 g/mol. The molecule has 6 atom stereocenters. The van der Waals surface area contributed by atoms with E-state index in [1.165, 1.54) is 11.1 Å². The number of esters is 1. The summed E-state index contributed by atoms with van der Waals surface area (Å²) in [4.78, 5) is 35.7. The van der Waals surface area contributed by atoms with Crippen molar-refractivity contribution in [3.8, 4) is 0 Å². The highest BCUT2D eigenvalue weighted by atomic mass is 16.5. The zero-order chi connectivity index (χ0) is 29.1. The van der Waals surface area contributed by atoms with Crippen molar-refractivity contribution >= 4 is 11.9 Å². The number of hydrogen-bond donors (Lipinski definition) is 1. The first-order chi connectivity index (χ1) is 20.2. The summed E-state index contributed by atoms with van der Waals surface area (Å²) in [6, 6.07) is 14.4. The van der Waals surface area contributed by atoms with Gasteiger partial charge in [-0.3, -0.25) is 9.59 Å². The maximum absolute atomic E-state index is 13.3. The van der Waals surface area contributed by atoms with Crippen LogP contribution in [-0.4, -0.2) is 42.8 Å². The Hall–Kier alpha value is -4.20. The Labute approximate surface area is 244 Å². The number of imidazole rings is 2. The van der Waals surface area contributed by atoms with Crippen LogP contribution in [0.3, 0.4) is 0 Å². The predicted octanol–water partition coefficient (Wildman–Crippen LogP) is 5.52. The molecule has 42 heavy (non-hydrogen) atoms. The van der Waals surface area contributed by atoms with Crippen molar-refractivity contribution in [2.45, 2.75) is 70.9 Å². The molecule has 0 amide bonds. The minimum absolute atomic E-state index is 0.00870. The fraction of sp³-hybridized carbons (Fsp3) is 0.412. The van der Waals surface area contributed by atoms with Gasteiger partial charge in [-0.2, -0.15) is 0 Å². The highest BCUT2D eigenvalue weighted by molar-refractivity contribution is 5.80. The van der Waals surface area contributed by atoms with E-state index in [0.717, 1.165) is 39.7 Å². The molecule has 4 aliphatic heterocycles. The summed E-state index contributed by atoms with van der Waals surface area (Å²) in [6.45, 7) is 8.18. The van der Waals surface area contributed by atoms with Gasteiger partial charge < -0.3 is 19.0 Å². The van der Waals surface area contributed by atoms with Gasteiger partial charge in [-0.25, -0.2) is 9.97 Å². The number of carbonyl (C=O) groups is 2. The molecule has 4 aromatic rings. The summed E-state index contributed by atoms with van der Waals surface area (Å²) in [7, 11) is 0. The van der Waals surface area contributed by atoms with E-state index in [-0.39, 0.29) is 29.9 Å². The number of carboxylic acids is 1. The maximum atomic E-state index is 13.3. The molecule has 2 aromatic heterocycles. The number of ether oxygens (including phenoxy) is 1. The Morgan fingerprint density at radius 1 is 0.905 bits per heavy atom. The molecule has 1 N–H and O–H groups in total. The first kappa shape index (κ1) is 25.5. The smallest absolute Gasteiger partial charge is 0.314 e. The summed E-state index contributed by atoms with van der Waals surface area (Å²) < 4.78 is 10.0. The molecule has 0 radical (unpaired) electrons. The second-order valence-electron chi connectivity index (χ2n) is 13.1. The molecule has 8 nitrogen and oxygen atoms in total. The number of nitrogens with zero attached hydrogens (tertiary/aromatic N) is 4. The molecule has 6 aliphatic rings. The fourth-order valence-electron chi connectivity index (χ4n) is 8.71. The van der Waals surface area contributed by atoms with Crippen LogP contribution in [0.2, 0.25) is 0 Å². The Morgan fingerprint density at radius 2 is 1.55 bits per heavy atom. The Kier molecular flexibility index (Phi) is 5.12. The van der Waals surface area contributed by atoms with Crippen LogP contribution in [0.15, 0.2) is 54.9 Å². The van der Waals surface area contributed by atoms with E-state index in [1.807, 2.05) is 45.3 Å². The summed E-state index contributed by atoms with van der Waals surface area (Å²) >= 11 is 0. The topological polar surface area (TPSA) is 99.2 Å². The molecular formula is C34H34N4O4. The Morgan fingerprint density at radius 3 is 2.31 bits per heavy atom. The van der Waals surface area contributed by atoms with Gasteiger partial charge in [-0.05, 0) is 68.4 Å². The third-order valence-corrected chi connectivity index (χ3v) is 10.6. The molecule has 0 saturated heterocycles. The number of aliphatic carboxylic acids is 1. The van der Waals surface area contributed by atoms with E-state index in [0.29, 0.717) is 25.9 Å². The van der Waals surface area contributed by atoms with Gasteiger partial charge in [-0.15, -0.1) is 0 Å². The van der Waals surface area contributed by atoms with Crippen LogP contribution >= 0.6 is 0 Å². The van der Waals surface area contributed by atoms with Crippen LogP contribution in [-0.2, 0) is 20.7 Å². The molecule has 0 spiro atoms. The van der Waals surface area contributed by atoms with Gasteiger partial charge >= 0.3 is 11.9 Å². The number of rotatable bonds is 5. The number of fused-ring (bicyclic) bond motifs is 2. The second kappa shape index (κ2) is 8.43. The first-order valence-electron chi connectivity index (χ1n) is 14.9. The van der Waals surface area contributed by atoms with Crippen LogP contribution in [0.5, 0.6) is 0 Å². The second-order valence-corrected chi connectivity index (χ2v) is 13.1. The highest BCUT2D eigenvalue weighted by Crippen LogP contribution is 2.60. The average Bonchev–Trinajstić information content (AvgIpc) is 3.58. The van der Waals surface area contributed by atoms with Gasteiger partial charge in [0, 0.05) is 42.0 Å². The molecule has 8 heteroatoms. The third-order valence-electron chi connectivity index (χ3n) is 10.6. The van der Waals surface area contributed by atoms with Gasteiger partial charge in [0.1, 0.15) is 11.6 Å². The van der Waals surface area contributed by atoms with Crippen molar-refractivity contribution in [3.05, 3.63) is 106 Å². The van der Waals surface area contributed by atoms with E-state index in [4.69, 9.17) is 14.7 Å². The summed E-state index contributed by atoms with van der Waals surface area (Å²) in [5.41, 5.74) is 6.29. The molecule has 2 aliphatic carbocycles. The molecule has 6 heterocycles. The van der Waals surface area contributed by atoms with Gasteiger partial charge in [0.05, 0.1) is 29.5 Å². The van der Waals surface area contributed by atoms with Crippen LogP contribution in [0, 0.1) is 17.8 Å². The van der Waals surface area contributed by atoms with Crippen LogP contribution in [0.1, 0.15) is 108 Å². The number of aryl methyl sites for hydroxylation is 1. The Bertz CT molecular complexity index is 1820. The predicted molar refractivity (Wildman–Crippen MR) is 155 cm³/mol. The normalized spacial score (nSPS) is 29.4. The molecule has 0 saturated carbocycles. The molecule has 6 unspecified atom stereocenters. The number of aromatic nitrogens is 4. The lowest BCUT2D eigenvalue weighted by molar-refractivity contribution is -0.158. The summed E-state index contributed by atoms with van der Waals surface area (Å²) in [6.07, 6.45) is 5.69. The molecule has 0 fully saturated rings. The number of hydrogen-bond acceptors (Lipinski definition) is 5. The lowest BCUT2D eigenvalue weighted by Crippen LogP contribution is -2.49. The van der Waals surface area contributed by atoms with E-state index in [9.17, 15) is 14.7 Å². The monoisotopic (exact) mass is 562 g/mol. The van der Waals surface area contributed by atoms with Gasteiger partial charge in [0.25, 0.3) is 0 Å². The van der Waals surface area contributed by atoms with E-state index < -0.39 is 16.8 Å². The van der Waals surface area contributed by atoms with Gasteiger partial charge in [-0.1, -0.05) is 42.5 Å². The highest BCUT2D eigenvalue weighted by Gasteiger charge is 2.57. The van der Waals surface area contributed by atoms with E-state index in [2.05, 4.69) is 46.4 Å². The third kappa shape index (κ3) is 3.07. The zero-order valence-electron chi connectivity index (χ0n) is 24.3. The van der Waals surface area contributed by atoms with Crippen molar-refractivity contribution in [1.82, 2.24) is 19.1 Å². The number of carbonyl (C=O) groups excluding carboxylic acids is 1. The Balaban J connectivity index is 1.21.